The van der Waals surface area contributed by atoms with E-state index in [9.17, 15) is 18.0 Å². The van der Waals surface area contributed by atoms with Crippen molar-refractivity contribution in [2.45, 2.75) is 37.1 Å². The van der Waals surface area contributed by atoms with Crippen LogP contribution in [0.1, 0.15) is 42.7 Å². The summed E-state index contributed by atoms with van der Waals surface area (Å²) in [5.74, 6) is -2.25. The number of carbonyl (C=O) groups is 2. The van der Waals surface area contributed by atoms with Crippen LogP contribution in [0.3, 0.4) is 0 Å². The van der Waals surface area contributed by atoms with Gasteiger partial charge in [-0.3, -0.25) is 9.59 Å². The maximum atomic E-state index is 14.2. The maximum Gasteiger partial charge on any atom is 0.282 e. The maximum absolute atomic E-state index is 14.2. The summed E-state index contributed by atoms with van der Waals surface area (Å²) < 4.78 is 29.0. The zero-order chi connectivity index (χ0) is 27.8. The Bertz CT molecular complexity index is 1370. The smallest absolute Gasteiger partial charge is 0.282 e. The first-order valence-corrected chi connectivity index (χ1v) is 15.0. The van der Waals surface area contributed by atoms with Gasteiger partial charge in [-0.2, -0.15) is 22.3 Å². The molecule has 3 heterocycles. The summed E-state index contributed by atoms with van der Waals surface area (Å²) in [4.78, 5) is 29.3. The van der Waals surface area contributed by atoms with Crippen molar-refractivity contribution in [3.63, 3.8) is 0 Å². The highest BCUT2D eigenvalue weighted by Gasteiger charge is 2.56. The molecule has 2 aromatic carbocycles. The van der Waals surface area contributed by atoms with E-state index in [1.165, 1.54) is 8.61 Å². The van der Waals surface area contributed by atoms with Crippen molar-refractivity contribution >= 4 is 33.6 Å². The molecule has 2 aromatic rings. The minimum absolute atomic E-state index is 0.0389. The van der Waals surface area contributed by atoms with Gasteiger partial charge in [-0.25, -0.2) is 0 Å². The van der Waals surface area contributed by atoms with Crippen LogP contribution < -0.4 is 5.73 Å². The molecular formula is C28H32ClN5O4S. The lowest BCUT2D eigenvalue weighted by atomic mass is 9.72. The van der Waals surface area contributed by atoms with Crippen molar-refractivity contribution in [1.29, 1.82) is 5.26 Å². The Morgan fingerprint density at radius 2 is 1.64 bits per heavy atom. The number of hydrogen-bond acceptors (Lipinski definition) is 5. The SMILES string of the molecule is N#CC1CN(S(=O)(=O)N2CCC[C@H](C(=O)N3CCC[C@@]3(C(N)=O)[C@@H](c3ccccc3)c3ccc(Cl)cc3)C2)C1. The quantitative estimate of drug-likeness (QED) is 0.548. The normalized spacial score (nSPS) is 25.5. The topological polar surface area (TPSA) is 128 Å². The van der Waals surface area contributed by atoms with Gasteiger partial charge < -0.3 is 10.6 Å². The molecule has 0 aliphatic carbocycles. The number of hydrogen-bond donors (Lipinski definition) is 1. The fraction of sp³-hybridized carbons (Fsp3) is 0.464. The van der Waals surface area contributed by atoms with Gasteiger partial charge in [-0.1, -0.05) is 54.1 Å². The molecule has 39 heavy (non-hydrogen) atoms. The largest absolute Gasteiger partial charge is 0.368 e. The van der Waals surface area contributed by atoms with Gasteiger partial charge in [0, 0.05) is 43.7 Å². The van der Waals surface area contributed by atoms with E-state index in [1.54, 1.807) is 17.0 Å². The Morgan fingerprint density at radius 1 is 0.974 bits per heavy atom. The van der Waals surface area contributed by atoms with Crippen LogP contribution in [0.5, 0.6) is 0 Å². The summed E-state index contributed by atoms with van der Waals surface area (Å²) in [6.45, 7) is 1.06. The van der Waals surface area contributed by atoms with Crippen LogP contribution in [0, 0.1) is 23.2 Å². The van der Waals surface area contributed by atoms with Gasteiger partial charge >= 0.3 is 0 Å². The molecule has 9 nitrogen and oxygen atoms in total. The molecule has 3 aliphatic rings. The molecular weight excluding hydrogens is 538 g/mol. The van der Waals surface area contributed by atoms with Crippen LogP contribution in [0.25, 0.3) is 0 Å². The number of carbonyl (C=O) groups excluding carboxylic acids is 2. The fourth-order valence-corrected chi connectivity index (χ4v) is 8.25. The third-order valence-electron chi connectivity index (χ3n) is 8.34. The van der Waals surface area contributed by atoms with Crippen LogP contribution in [0.15, 0.2) is 54.6 Å². The van der Waals surface area contributed by atoms with Gasteiger partial charge in [-0.15, -0.1) is 0 Å². The van der Waals surface area contributed by atoms with Crippen LogP contribution in [0.2, 0.25) is 5.02 Å². The molecule has 206 valence electrons. The average Bonchev–Trinajstić information content (AvgIpc) is 3.35. The molecule has 3 aliphatic heterocycles. The highest BCUT2D eigenvalue weighted by molar-refractivity contribution is 7.86. The number of nitriles is 1. The van der Waals surface area contributed by atoms with Crippen molar-refractivity contribution in [3.05, 3.63) is 70.7 Å². The third-order valence-corrected chi connectivity index (χ3v) is 10.5. The molecule has 2 N–H and O–H groups in total. The Morgan fingerprint density at radius 3 is 2.28 bits per heavy atom. The molecule has 0 unspecified atom stereocenters. The molecule has 0 spiro atoms. The zero-order valence-corrected chi connectivity index (χ0v) is 23.2. The summed E-state index contributed by atoms with van der Waals surface area (Å²) in [6.07, 6.45) is 2.05. The first-order chi connectivity index (χ1) is 18.7. The Balaban J connectivity index is 1.47. The van der Waals surface area contributed by atoms with Gasteiger partial charge in [0.05, 0.1) is 17.9 Å². The van der Waals surface area contributed by atoms with Crippen molar-refractivity contribution in [2.24, 2.45) is 17.6 Å². The predicted molar refractivity (Wildman–Crippen MR) is 147 cm³/mol. The molecule has 3 fully saturated rings. The lowest BCUT2D eigenvalue weighted by molar-refractivity contribution is -0.148. The number of nitrogens with zero attached hydrogens (tertiary/aromatic N) is 4. The van der Waals surface area contributed by atoms with E-state index in [4.69, 9.17) is 22.6 Å². The van der Waals surface area contributed by atoms with Crippen molar-refractivity contribution in [1.82, 2.24) is 13.5 Å². The third kappa shape index (κ3) is 4.93. The standard InChI is InChI=1S/C28H32ClN5O4S/c29-24-11-9-22(10-12-24)25(21-6-2-1-3-7-21)28(27(31)36)13-5-15-34(28)26(35)23-8-4-14-32(19-23)39(37,38)33-17-20(16-30)18-33/h1-3,6-7,9-12,20,23,25H,4-5,8,13-15,17-19H2,(H2,31,36)/t23-,25-,28-/m0/s1. The van der Waals surface area contributed by atoms with Gasteiger partial charge in [0.25, 0.3) is 10.2 Å². The first kappa shape index (κ1) is 27.6. The Labute approximate surface area is 234 Å². The molecule has 2 amide bonds. The van der Waals surface area contributed by atoms with E-state index in [2.05, 4.69) is 6.07 Å². The second kappa shape index (κ2) is 10.9. The first-order valence-electron chi connectivity index (χ1n) is 13.2. The summed E-state index contributed by atoms with van der Waals surface area (Å²) in [5.41, 5.74) is 6.55. The van der Waals surface area contributed by atoms with Crippen LogP contribution in [0.4, 0.5) is 0 Å². The molecule has 0 bridgehead atoms. The minimum Gasteiger partial charge on any atom is -0.368 e. The summed E-state index contributed by atoms with van der Waals surface area (Å²) in [6, 6.07) is 18.9. The number of nitrogens with two attached hydrogens (primary N) is 1. The van der Waals surface area contributed by atoms with E-state index >= 15 is 0 Å². The Kier molecular flexibility index (Phi) is 7.71. The van der Waals surface area contributed by atoms with E-state index in [0.717, 1.165) is 11.1 Å². The molecule has 0 aromatic heterocycles. The molecule has 0 radical (unpaired) electrons. The van der Waals surface area contributed by atoms with Gasteiger partial charge in [-0.05, 0) is 48.9 Å². The Hall–Kier alpha value is -2.97. The van der Waals surface area contributed by atoms with Crippen molar-refractivity contribution < 1.29 is 18.0 Å². The predicted octanol–water partition coefficient (Wildman–Crippen LogP) is 2.73. The second-order valence-electron chi connectivity index (χ2n) is 10.6. The second-order valence-corrected chi connectivity index (χ2v) is 13.0. The monoisotopic (exact) mass is 569 g/mol. The van der Waals surface area contributed by atoms with Gasteiger partial charge in [0.2, 0.25) is 11.8 Å². The number of likely N-dealkylation sites (tertiary alicyclic amines) is 1. The van der Waals surface area contributed by atoms with E-state index < -0.39 is 33.5 Å². The van der Waals surface area contributed by atoms with E-state index in [0.29, 0.717) is 43.8 Å². The van der Waals surface area contributed by atoms with Crippen molar-refractivity contribution in [3.8, 4) is 6.07 Å². The van der Waals surface area contributed by atoms with E-state index in [-0.39, 0.29) is 31.5 Å². The average molecular weight is 570 g/mol. The van der Waals surface area contributed by atoms with Crippen LogP contribution >= 0.6 is 11.6 Å². The fourth-order valence-electron chi connectivity index (χ4n) is 6.34. The van der Waals surface area contributed by atoms with Crippen LogP contribution in [-0.2, 0) is 19.8 Å². The number of rotatable bonds is 7. The summed E-state index contributed by atoms with van der Waals surface area (Å²) in [7, 11) is -3.77. The molecule has 11 heteroatoms. The van der Waals surface area contributed by atoms with E-state index in [1.807, 2.05) is 42.5 Å². The minimum atomic E-state index is -3.77. The van der Waals surface area contributed by atoms with Crippen molar-refractivity contribution in [2.75, 3.05) is 32.7 Å². The molecule has 0 saturated carbocycles. The van der Waals surface area contributed by atoms with Gasteiger partial charge in [0.15, 0.2) is 0 Å². The van der Waals surface area contributed by atoms with Crippen LogP contribution in [-0.4, -0.2) is 72.0 Å². The highest BCUT2D eigenvalue weighted by atomic mass is 35.5. The zero-order valence-electron chi connectivity index (χ0n) is 21.6. The molecule has 3 atom stereocenters. The number of piperidine rings is 1. The molecule has 5 rings (SSSR count). The lowest BCUT2D eigenvalue weighted by Crippen LogP contribution is -2.62. The number of amides is 2. The highest BCUT2D eigenvalue weighted by Crippen LogP contribution is 2.46. The number of benzene rings is 2. The summed E-state index contributed by atoms with van der Waals surface area (Å²) in [5, 5.41) is 9.61. The molecule has 3 saturated heterocycles. The lowest BCUT2D eigenvalue weighted by Gasteiger charge is -2.45. The number of primary amides is 1. The number of halogens is 1. The van der Waals surface area contributed by atoms with Gasteiger partial charge in [0.1, 0.15) is 5.54 Å². The summed E-state index contributed by atoms with van der Waals surface area (Å²) >= 11 is 6.17.